The molecule has 0 radical (unpaired) electrons. The maximum absolute atomic E-state index is 11.5. The average molecular weight is 483 g/mol. The van der Waals surface area contributed by atoms with Crippen LogP contribution in [0.15, 0.2) is 69.7 Å². The average Bonchev–Trinajstić information content (AvgIpc) is 3.61. The first-order valence-corrected chi connectivity index (χ1v) is 10.7. The van der Waals surface area contributed by atoms with Crippen LogP contribution in [0, 0.1) is 10.1 Å². The third kappa shape index (κ3) is 5.66. The van der Waals surface area contributed by atoms with Crippen molar-refractivity contribution in [3.8, 4) is 5.75 Å². The van der Waals surface area contributed by atoms with Gasteiger partial charge in [0.2, 0.25) is 5.16 Å². The molecule has 0 aliphatic rings. The standard InChI is InChI=1S/C20H17N7O6S/c1-31-19(28)18-8-9-25(24-18)13-34-20-23-21-12-26(20)22-10-16-6-7-17(33-16)11-32-15-4-2-14(3-5-15)27(29)30/h2-10,12H,11,13H2,1H3. The summed E-state index contributed by atoms with van der Waals surface area (Å²) >= 11 is 1.32. The van der Waals surface area contributed by atoms with E-state index in [1.807, 2.05) is 0 Å². The SMILES string of the molecule is COC(=O)c1ccn(CSc2nncn2N=Cc2ccc(COc3ccc([N+](=O)[O-])cc3)o2)n1. The Kier molecular flexibility index (Phi) is 6.98. The number of esters is 1. The number of benzene rings is 1. The molecule has 0 amide bonds. The van der Waals surface area contributed by atoms with Crippen molar-refractivity contribution in [1.82, 2.24) is 24.7 Å². The summed E-state index contributed by atoms with van der Waals surface area (Å²) in [6.45, 7) is 0.150. The highest BCUT2D eigenvalue weighted by Crippen LogP contribution is 2.19. The number of rotatable bonds is 10. The Morgan fingerprint density at radius 1 is 1.26 bits per heavy atom. The van der Waals surface area contributed by atoms with Gasteiger partial charge in [0.1, 0.15) is 30.2 Å². The maximum Gasteiger partial charge on any atom is 0.358 e. The highest BCUT2D eigenvalue weighted by atomic mass is 32.2. The Labute approximate surface area is 196 Å². The molecule has 0 bridgehead atoms. The van der Waals surface area contributed by atoms with Crippen LogP contribution in [0.2, 0.25) is 0 Å². The summed E-state index contributed by atoms with van der Waals surface area (Å²) < 4.78 is 18.9. The van der Waals surface area contributed by atoms with Gasteiger partial charge in [-0.2, -0.15) is 14.9 Å². The second kappa shape index (κ2) is 10.4. The van der Waals surface area contributed by atoms with E-state index < -0.39 is 10.9 Å². The molecule has 174 valence electrons. The van der Waals surface area contributed by atoms with Crippen LogP contribution in [0.3, 0.4) is 0 Å². The lowest BCUT2D eigenvalue weighted by molar-refractivity contribution is -0.384. The molecule has 0 aliphatic carbocycles. The number of hydrogen-bond acceptors (Lipinski definition) is 11. The normalized spacial score (nSPS) is 11.1. The van der Waals surface area contributed by atoms with Crippen LogP contribution in [0.1, 0.15) is 22.0 Å². The van der Waals surface area contributed by atoms with E-state index in [0.717, 1.165) is 0 Å². The molecule has 1 aromatic carbocycles. The molecule has 0 saturated heterocycles. The second-order valence-corrected chi connectivity index (χ2v) is 7.46. The molecule has 0 aliphatic heterocycles. The van der Waals surface area contributed by atoms with Gasteiger partial charge >= 0.3 is 5.97 Å². The molecule has 34 heavy (non-hydrogen) atoms. The summed E-state index contributed by atoms with van der Waals surface area (Å²) in [4.78, 5) is 21.7. The lowest BCUT2D eigenvalue weighted by atomic mass is 10.3. The minimum Gasteiger partial charge on any atom is -0.486 e. The zero-order chi connectivity index (χ0) is 23.9. The fourth-order valence-corrected chi connectivity index (χ4v) is 3.37. The lowest BCUT2D eigenvalue weighted by Crippen LogP contribution is -2.04. The molecule has 0 spiro atoms. The van der Waals surface area contributed by atoms with E-state index >= 15 is 0 Å². The van der Waals surface area contributed by atoms with Crippen LogP contribution in [0.5, 0.6) is 5.75 Å². The molecule has 0 saturated carbocycles. The number of nitro groups is 1. The largest absolute Gasteiger partial charge is 0.486 e. The van der Waals surface area contributed by atoms with Gasteiger partial charge in [-0.1, -0.05) is 11.8 Å². The molecule has 0 fully saturated rings. The molecule has 3 aromatic heterocycles. The Balaban J connectivity index is 1.31. The summed E-state index contributed by atoms with van der Waals surface area (Å²) in [5.74, 6) is 1.41. The Hall–Kier alpha value is -4.46. The topological polar surface area (TPSA) is 153 Å². The number of furan rings is 1. The lowest BCUT2D eigenvalue weighted by Gasteiger charge is -2.03. The highest BCUT2D eigenvalue weighted by molar-refractivity contribution is 7.98. The summed E-state index contributed by atoms with van der Waals surface area (Å²) in [6.07, 6.45) is 4.61. The van der Waals surface area contributed by atoms with Crippen molar-refractivity contribution < 1.29 is 23.6 Å². The quantitative estimate of drug-likeness (QED) is 0.108. The predicted octanol–water partition coefficient (Wildman–Crippen LogP) is 2.97. The van der Waals surface area contributed by atoms with Crippen molar-refractivity contribution in [3.63, 3.8) is 0 Å². The van der Waals surface area contributed by atoms with Gasteiger partial charge in [-0.25, -0.2) is 4.79 Å². The maximum atomic E-state index is 11.5. The van der Waals surface area contributed by atoms with Gasteiger partial charge in [0.25, 0.3) is 5.69 Å². The van der Waals surface area contributed by atoms with Gasteiger partial charge in [-0.05, 0) is 30.3 Å². The van der Waals surface area contributed by atoms with Gasteiger partial charge in [0.05, 0.1) is 24.1 Å². The highest BCUT2D eigenvalue weighted by Gasteiger charge is 2.11. The predicted molar refractivity (Wildman–Crippen MR) is 119 cm³/mol. The van der Waals surface area contributed by atoms with Gasteiger partial charge in [0.15, 0.2) is 5.69 Å². The van der Waals surface area contributed by atoms with Crippen LogP contribution < -0.4 is 4.74 Å². The van der Waals surface area contributed by atoms with E-state index in [2.05, 4.69) is 25.1 Å². The number of hydrogen-bond donors (Lipinski definition) is 0. The van der Waals surface area contributed by atoms with Crippen molar-refractivity contribution in [2.45, 2.75) is 17.6 Å². The van der Waals surface area contributed by atoms with Crippen LogP contribution in [-0.4, -0.2) is 48.9 Å². The summed E-state index contributed by atoms with van der Waals surface area (Å²) in [5.41, 5.74) is 0.208. The minimum absolute atomic E-state index is 0.00839. The van der Waals surface area contributed by atoms with Crippen molar-refractivity contribution >= 4 is 29.6 Å². The van der Waals surface area contributed by atoms with Crippen LogP contribution in [-0.2, 0) is 17.2 Å². The molecule has 3 heterocycles. The van der Waals surface area contributed by atoms with Crippen molar-refractivity contribution in [3.05, 3.63) is 82.3 Å². The van der Waals surface area contributed by atoms with E-state index in [1.165, 1.54) is 60.4 Å². The smallest absolute Gasteiger partial charge is 0.358 e. The number of carbonyl (C=O) groups excluding carboxylic acids is 1. The van der Waals surface area contributed by atoms with Crippen molar-refractivity contribution in [2.24, 2.45) is 5.10 Å². The molecule has 0 atom stereocenters. The van der Waals surface area contributed by atoms with Crippen molar-refractivity contribution in [1.29, 1.82) is 0 Å². The van der Waals surface area contributed by atoms with E-state index in [-0.39, 0.29) is 18.0 Å². The number of aromatic nitrogens is 5. The first-order valence-electron chi connectivity index (χ1n) is 9.67. The number of carbonyl (C=O) groups is 1. The van der Waals surface area contributed by atoms with Crippen LogP contribution >= 0.6 is 11.8 Å². The van der Waals surface area contributed by atoms with Gasteiger partial charge in [-0.15, -0.1) is 10.2 Å². The molecular weight excluding hydrogens is 466 g/mol. The number of nitrogens with zero attached hydrogens (tertiary/aromatic N) is 7. The molecule has 13 nitrogen and oxygen atoms in total. The zero-order valence-corrected chi connectivity index (χ0v) is 18.5. The molecule has 14 heteroatoms. The number of non-ortho nitro benzene ring substituents is 1. The minimum atomic E-state index is -0.507. The van der Waals surface area contributed by atoms with Gasteiger partial charge < -0.3 is 13.9 Å². The number of methoxy groups -OCH3 is 1. The molecule has 0 N–H and O–H groups in total. The van der Waals surface area contributed by atoms with Crippen LogP contribution in [0.4, 0.5) is 5.69 Å². The van der Waals surface area contributed by atoms with E-state index in [4.69, 9.17) is 9.15 Å². The Morgan fingerprint density at radius 3 is 2.85 bits per heavy atom. The van der Waals surface area contributed by atoms with E-state index in [9.17, 15) is 14.9 Å². The van der Waals surface area contributed by atoms with Gasteiger partial charge in [-0.3, -0.25) is 14.8 Å². The number of ether oxygens (including phenoxy) is 2. The van der Waals surface area contributed by atoms with Crippen molar-refractivity contribution in [2.75, 3.05) is 7.11 Å². The Morgan fingerprint density at radius 2 is 2.09 bits per heavy atom. The first kappa shape index (κ1) is 22.7. The van der Waals surface area contributed by atoms with Crippen LogP contribution in [0.25, 0.3) is 0 Å². The molecule has 4 aromatic rings. The van der Waals surface area contributed by atoms with E-state index in [0.29, 0.717) is 28.3 Å². The van der Waals surface area contributed by atoms with Gasteiger partial charge in [0, 0.05) is 18.3 Å². The summed E-state index contributed by atoms with van der Waals surface area (Å²) in [7, 11) is 1.30. The fraction of sp³-hybridized carbons (Fsp3) is 0.150. The number of thioether (sulfide) groups is 1. The third-order valence-electron chi connectivity index (χ3n) is 4.28. The molecule has 0 unspecified atom stereocenters. The fourth-order valence-electron chi connectivity index (χ4n) is 2.64. The zero-order valence-electron chi connectivity index (χ0n) is 17.7. The first-order chi connectivity index (χ1) is 16.5. The number of nitro benzene ring substituents is 1. The Bertz CT molecular complexity index is 1310. The molecular formula is C20H17N7O6S. The summed E-state index contributed by atoms with van der Waals surface area (Å²) in [5, 5.41) is 27.5. The summed E-state index contributed by atoms with van der Waals surface area (Å²) in [6, 6.07) is 10.8. The third-order valence-corrected chi connectivity index (χ3v) is 5.20. The van der Waals surface area contributed by atoms with E-state index in [1.54, 1.807) is 29.1 Å². The second-order valence-electron chi connectivity index (χ2n) is 6.55. The monoisotopic (exact) mass is 483 g/mol. The molecule has 4 rings (SSSR count).